The smallest absolute Gasteiger partial charge is 0.234 e. The maximum absolute atomic E-state index is 11.7. The molecule has 6 heteroatoms. The van der Waals surface area contributed by atoms with Crippen LogP contribution >= 0.6 is 0 Å². The molecule has 0 spiro atoms. The largest absolute Gasteiger partial charge is 0.378 e. The third kappa shape index (κ3) is 3.04. The van der Waals surface area contributed by atoms with Gasteiger partial charge in [-0.25, -0.2) is 0 Å². The van der Waals surface area contributed by atoms with E-state index in [1.165, 1.54) is 0 Å². The monoisotopic (exact) mass is 239 g/mol. The number of hydrogen-bond acceptors (Lipinski definition) is 5. The quantitative estimate of drug-likeness (QED) is 0.808. The molecule has 2 rings (SSSR count). The summed E-state index contributed by atoms with van der Waals surface area (Å²) in [5, 5.41) is 9.72. The molecule has 1 aliphatic rings. The minimum absolute atomic E-state index is 0.0769. The summed E-state index contributed by atoms with van der Waals surface area (Å²) in [6.07, 6.45) is 0.374. The first-order chi connectivity index (χ1) is 8.16. The van der Waals surface area contributed by atoms with Crippen molar-refractivity contribution in [2.45, 2.75) is 26.3 Å². The number of hydrogen-bond donors (Lipinski definition) is 2. The Morgan fingerprint density at radius 1 is 1.59 bits per heavy atom. The topological polar surface area (TPSA) is 76.4 Å². The highest BCUT2D eigenvalue weighted by molar-refractivity contribution is 5.90. The van der Waals surface area contributed by atoms with Crippen molar-refractivity contribution in [2.75, 3.05) is 25.1 Å². The van der Waals surface area contributed by atoms with Gasteiger partial charge in [0.15, 0.2) is 0 Å². The highest BCUT2D eigenvalue weighted by Gasteiger charge is 2.18. The average Bonchev–Trinajstić information content (AvgIpc) is 2.62. The molecule has 0 bridgehead atoms. The molecule has 0 aromatic carbocycles. The summed E-state index contributed by atoms with van der Waals surface area (Å²) in [4.78, 5) is 11.7. The van der Waals surface area contributed by atoms with Crippen LogP contribution in [0.4, 0.5) is 5.88 Å². The van der Waals surface area contributed by atoms with Gasteiger partial charge < -0.3 is 14.6 Å². The van der Waals surface area contributed by atoms with Gasteiger partial charge >= 0.3 is 0 Å². The van der Waals surface area contributed by atoms with Crippen LogP contribution < -0.4 is 10.6 Å². The van der Waals surface area contributed by atoms with Crippen LogP contribution in [0, 0.1) is 13.8 Å². The van der Waals surface area contributed by atoms with Gasteiger partial charge in [-0.15, -0.1) is 0 Å². The molecule has 2 heterocycles. The minimum Gasteiger partial charge on any atom is -0.378 e. The summed E-state index contributed by atoms with van der Waals surface area (Å²) >= 11 is 0. The number of ether oxygens (including phenoxy) is 1. The van der Waals surface area contributed by atoms with Gasteiger partial charge in [0, 0.05) is 24.6 Å². The molecule has 94 valence electrons. The van der Waals surface area contributed by atoms with E-state index in [0.29, 0.717) is 25.5 Å². The van der Waals surface area contributed by atoms with Gasteiger partial charge in [0.05, 0.1) is 18.9 Å². The molecule has 1 aromatic rings. The fraction of sp³-hybridized carbons (Fsp3) is 0.636. The molecule has 0 saturated carbocycles. The van der Waals surface area contributed by atoms with E-state index in [1.807, 2.05) is 13.8 Å². The Bertz CT molecular complexity index is 397. The van der Waals surface area contributed by atoms with Crippen molar-refractivity contribution in [1.82, 2.24) is 10.5 Å². The second kappa shape index (κ2) is 5.29. The lowest BCUT2D eigenvalue weighted by Gasteiger charge is -2.22. The number of nitrogens with zero attached hydrogens (tertiary/aromatic N) is 1. The van der Waals surface area contributed by atoms with Crippen molar-refractivity contribution >= 4 is 11.8 Å². The van der Waals surface area contributed by atoms with Gasteiger partial charge in [-0.05, 0) is 13.8 Å². The third-order valence-corrected chi connectivity index (χ3v) is 2.84. The molecule has 2 N–H and O–H groups in total. The van der Waals surface area contributed by atoms with Crippen LogP contribution in [0.3, 0.4) is 0 Å². The number of aromatic nitrogens is 1. The Kier molecular flexibility index (Phi) is 3.75. The van der Waals surface area contributed by atoms with Gasteiger partial charge in [-0.3, -0.25) is 10.1 Å². The van der Waals surface area contributed by atoms with Gasteiger partial charge in [-0.1, -0.05) is 5.16 Å². The Morgan fingerprint density at radius 3 is 3.00 bits per heavy atom. The van der Waals surface area contributed by atoms with Crippen molar-refractivity contribution in [1.29, 1.82) is 0 Å². The summed E-state index contributed by atoms with van der Waals surface area (Å²) in [7, 11) is 0. The predicted molar refractivity (Wildman–Crippen MR) is 61.8 cm³/mol. The number of carbonyl (C=O) groups excluding carboxylic acids is 1. The normalized spacial score (nSPS) is 20.2. The first-order valence-electron chi connectivity index (χ1n) is 5.70. The summed E-state index contributed by atoms with van der Waals surface area (Å²) < 4.78 is 10.3. The predicted octanol–water partition coefficient (Wildman–Crippen LogP) is 0.608. The van der Waals surface area contributed by atoms with Gasteiger partial charge in [-0.2, -0.15) is 0 Å². The van der Waals surface area contributed by atoms with Crippen molar-refractivity contribution in [3.63, 3.8) is 0 Å². The average molecular weight is 239 g/mol. The summed E-state index contributed by atoms with van der Waals surface area (Å²) in [5.74, 6) is 0.344. The molecule has 1 atom stereocenters. The number of aryl methyl sites for hydroxylation is 1. The first kappa shape index (κ1) is 12.1. The number of nitrogens with one attached hydrogen (secondary N) is 2. The molecular formula is C11H17N3O3. The van der Waals surface area contributed by atoms with E-state index in [1.54, 1.807) is 0 Å². The highest BCUT2D eigenvalue weighted by atomic mass is 16.5. The zero-order valence-electron chi connectivity index (χ0n) is 10.1. The number of amides is 1. The van der Waals surface area contributed by atoms with Crippen LogP contribution in [-0.4, -0.2) is 36.9 Å². The number of carbonyl (C=O) groups is 1. The van der Waals surface area contributed by atoms with Crippen molar-refractivity contribution in [3.8, 4) is 0 Å². The summed E-state index contributed by atoms with van der Waals surface area (Å²) in [6.45, 7) is 5.77. The Balaban J connectivity index is 1.86. The first-order valence-corrected chi connectivity index (χ1v) is 5.70. The SMILES string of the molecule is Cc1noc(NC(=O)CC2COCCN2)c1C. The molecule has 1 saturated heterocycles. The number of morpholine rings is 1. The number of anilines is 1. The maximum atomic E-state index is 11.7. The Morgan fingerprint density at radius 2 is 2.41 bits per heavy atom. The Labute approximate surface area is 99.7 Å². The van der Waals surface area contributed by atoms with E-state index in [0.717, 1.165) is 17.8 Å². The van der Waals surface area contributed by atoms with E-state index >= 15 is 0 Å². The van der Waals surface area contributed by atoms with Gasteiger partial charge in [0.2, 0.25) is 11.8 Å². The molecular weight excluding hydrogens is 222 g/mol. The second-order valence-corrected chi connectivity index (χ2v) is 4.20. The van der Waals surface area contributed by atoms with E-state index in [2.05, 4.69) is 15.8 Å². The lowest BCUT2D eigenvalue weighted by atomic mass is 10.2. The molecule has 0 aliphatic carbocycles. The molecule has 6 nitrogen and oxygen atoms in total. The molecule has 1 amide bonds. The standard InChI is InChI=1S/C11H17N3O3/c1-7-8(2)14-17-11(7)13-10(15)5-9-6-16-4-3-12-9/h9,12H,3-6H2,1-2H3,(H,13,15). The van der Waals surface area contributed by atoms with E-state index in [4.69, 9.17) is 9.26 Å². The summed E-state index contributed by atoms with van der Waals surface area (Å²) in [5.41, 5.74) is 1.66. The molecule has 1 aliphatic heterocycles. The fourth-order valence-corrected chi connectivity index (χ4v) is 1.68. The summed E-state index contributed by atoms with van der Waals surface area (Å²) in [6, 6.07) is 0.0769. The molecule has 1 fully saturated rings. The van der Waals surface area contributed by atoms with Gasteiger partial charge in [0.1, 0.15) is 0 Å². The zero-order valence-corrected chi connectivity index (χ0v) is 10.1. The van der Waals surface area contributed by atoms with Crippen LogP contribution in [-0.2, 0) is 9.53 Å². The lowest BCUT2D eigenvalue weighted by molar-refractivity contribution is -0.117. The second-order valence-electron chi connectivity index (χ2n) is 4.20. The maximum Gasteiger partial charge on any atom is 0.234 e. The van der Waals surface area contributed by atoms with E-state index in [9.17, 15) is 4.79 Å². The molecule has 1 unspecified atom stereocenters. The van der Waals surface area contributed by atoms with Crippen molar-refractivity contribution in [2.24, 2.45) is 0 Å². The van der Waals surface area contributed by atoms with Crippen LogP contribution in [0.5, 0.6) is 0 Å². The molecule has 17 heavy (non-hydrogen) atoms. The minimum atomic E-state index is -0.0905. The van der Waals surface area contributed by atoms with E-state index in [-0.39, 0.29) is 11.9 Å². The Hall–Kier alpha value is -1.40. The van der Waals surface area contributed by atoms with Crippen LogP contribution in [0.1, 0.15) is 17.7 Å². The van der Waals surface area contributed by atoms with Crippen molar-refractivity contribution in [3.05, 3.63) is 11.3 Å². The lowest BCUT2D eigenvalue weighted by Crippen LogP contribution is -2.43. The van der Waals surface area contributed by atoms with Crippen LogP contribution in [0.25, 0.3) is 0 Å². The van der Waals surface area contributed by atoms with Gasteiger partial charge in [0.25, 0.3) is 0 Å². The van der Waals surface area contributed by atoms with Crippen LogP contribution in [0.15, 0.2) is 4.52 Å². The van der Waals surface area contributed by atoms with Crippen LogP contribution in [0.2, 0.25) is 0 Å². The molecule has 1 aromatic heterocycles. The highest BCUT2D eigenvalue weighted by Crippen LogP contribution is 2.17. The molecule has 0 radical (unpaired) electrons. The number of rotatable bonds is 3. The zero-order chi connectivity index (χ0) is 12.3. The van der Waals surface area contributed by atoms with E-state index < -0.39 is 0 Å². The third-order valence-electron chi connectivity index (χ3n) is 2.84. The fourth-order valence-electron chi connectivity index (χ4n) is 1.68. The van der Waals surface area contributed by atoms with Crippen molar-refractivity contribution < 1.29 is 14.1 Å².